The van der Waals surface area contributed by atoms with Gasteiger partial charge >= 0.3 is 0 Å². The zero-order valence-electron chi connectivity index (χ0n) is 17.1. The van der Waals surface area contributed by atoms with Gasteiger partial charge in [0.25, 0.3) is 0 Å². The first kappa shape index (κ1) is 20.3. The van der Waals surface area contributed by atoms with Crippen LogP contribution in [0.4, 0.5) is 23.0 Å². The maximum absolute atomic E-state index is 12.1. The molecule has 2 aromatic carbocycles. The molecule has 3 aromatic rings. The molecule has 156 valence electrons. The molecule has 30 heavy (non-hydrogen) atoms. The van der Waals surface area contributed by atoms with Crippen LogP contribution in [0.15, 0.2) is 59.8 Å². The zero-order valence-corrected chi connectivity index (χ0v) is 17.9. The van der Waals surface area contributed by atoms with Crippen LogP contribution in [0.25, 0.3) is 0 Å². The number of rotatable bonds is 6. The molecule has 7 nitrogen and oxygen atoms in total. The largest absolute Gasteiger partial charge is 0.340 e. The topological polar surface area (TPSA) is 87.2 Å². The van der Waals surface area contributed by atoms with Gasteiger partial charge in [0.05, 0.1) is 10.6 Å². The number of likely N-dealkylation sites (N-methyl/N-ethyl adjacent to an activating group) is 1. The summed E-state index contributed by atoms with van der Waals surface area (Å²) >= 11 is 0. The summed E-state index contributed by atoms with van der Waals surface area (Å²) in [5.41, 5.74) is 4.36. The summed E-state index contributed by atoms with van der Waals surface area (Å²) in [6, 6.07) is 15.0. The minimum atomic E-state index is -3.26. The molecule has 0 saturated carbocycles. The fraction of sp³-hybridized carbons (Fsp3) is 0.273. The Hall–Kier alpha value is -2.97. The van der Waals surface area contributed by atoms with Crippen LogP contribution in [0.1, 0.15) is 18.1 Å². The van der Waals surface area contributed by atoms with E-state index < -0.39 is 9.84 Å². The third-order valence-electron chi connectivity index (χ3n) is 5.19. The standard InChI is InChI=1S/C22H25N5O2S/c1-3-30(28,29)20-6-4-5-18(12-20)25-21-13-22(24-15-23-21)26-19-8-7-16-9-10-27(2)14-17(16)11-19/h4-8,11-13,15H,3,9-10,14H2,1-2H3,(H2,23,24,25,26). The van der Waals surface area contributed by atoms with Crippen molar-refractivity contribution in [1.82, 2.24) is 14.9 Å². The molecular weight excluding hydrogens is 398 g/mol. The second-order valence-electron chi connectivity index (χ2n) is 7.44. The van der Waals surface area contributed by atoms with Crippen LogP contribution in [0.3, 0.4) is 0 Å². The van der Waals surface area contributed by atoms with Crippen LogP contribution in [0, 0.1) is 0 Å². The van der Waals surface area contributed by atoms with E-state index in [9.17, 15) is 8.42 Å². The summed E-state index contributed by atoms with van der Waals surface area (Å²) in [5.74, 6) is 1.31. The Bertz CT molecular complexity index is 1160. The normalized spacial score (nSPS) is 14.2. The number of anilines is 4. The zero-order chi connectivity index (χ0) is 21.1. The van der Waals surface area contributed by atoms with E-state index in [1.165, 1.54) is 17.5 Å². The van der Waals surface area contributed by atoms with Gasteiger partial charge in [0.1, 0.15) is 18.0 Å². The van der Waals surface area contributed by atoms with Gasteiger partial charge in [-0.05, 0) is 54.9 Å². The highest BCUT2D eigenvalue weighted by atomic mass is 32.2. The molecule has 0 aliphatic carbocycles. The van der Waals surface area contributed by atoms with Gasteiger partial charge in [-0.3, -0.25) is 0 Å². The molecule has 0 radical (unpaired) electrons. The first-order chi connectivity index (χ1) is 14.4. The number of fused-ring (bicyclic) bond motifs is 1. The lowest BCUT2D eigenvalue weighted by Gasteiger charge is -2.25. The molecule has 0 bridgehead atoms. The Balaban J connectivity index is 1.51. The van der Waals surface area contributed by atoms with E-state index in [4.69, 9.17) is 0 Å². The van der Waals surface area contributed by atoms with Gasteiger partial charge in [-0.25, -0.2) is 18.4 Å². The van der Waals surface area contributed by atoms with Crippen molar-refractivity contribution < 1.29 is 8.42 Å². The average Bonchev–Trinajstić information content (AvgIpc) is 2.74. The smallest absolute Gasteiger partial charge is 0.178 e. The van der Waals surface area contributed by atoms with E-state index in [0.717, 1.165) is 25.2 Å². The van der Waals surface area contributed by atoms with Crippen molar-refractivity contribution in [3.63, 3.8) is 0 Å². The predicted octanol–water partition coefficient (Wildman–Crippen LogP) is 3.75. The lowest BCUT2D eigenvalue weighted by molar-refractivity contribution is 0.313. The molecule has 1 aliphatic rings. The van der Waals surface area contributed by atoms with Crippen molar-refractivity contribution in [1.29, 1.82) is 0 Å². The minimum absolute atomic E-state index is 0.0641. The minimum Gasteiger partial charge on any atom is -0.340 e. The van der Waals surface area contributed by atoms with Crippen LogP contribution in [-0.4, -0.2) is 42.6 Å². The van der Waals surface area contributed by atoms with Gasteiger partial charge in [-0.2, -0.15) is 0 Å². The van der Waals surface area contributed by atoms with Crippen molar-refractivity contribution in [3.8, 4) is 0 Å². The number of aromatic nitrogens is 2. The van der Waals surface area contributed by atoms with Crippen molar-refractivity contribution in [2.75, 3.05) is 30.0 Å². The maximum Gasteiger partial charge on any atom is 0.178 e. The summed E-state index contributed by atoms with van der Waals surface area (Å²) in [4.78, 5) is 11.2. The van der Waals surface area contributed by atoms with Gasteiger partial charge in [-0.15, -0.1) is 0 Å². The van der Waals surface area contributed by atoms with E-state index in [-0.39, 0.29) is 5.75 Å². The van der Waals surface area contributed by atoms with Crippen LogP contribution >= 0.6 is 0 Å². The molecule has 4 rings (SSSR count). The third-order valence-corrected chi connectivity index (χ3v) is 6.93. The highest BCUT2D eigenvalue weighted by molar-refractivity contribution is 7.91. The second-order valence-corrected chi connectivity index (χ2v) is 9.72. The highest BCUT2D eigenvalue weighted by Crippen LogP contribution is 2.25. The number of benzene rings is 2. The molecule has 0 spiro atoms. The third kappa shape index (κ3) is 4.60. The van der Waals surface area contributed by atoms with Crippen LogP contribution in [0.5, 0.6) is 0 Å². The Kier molecular flexibility index (Phi) is 5.69. The fourth-order valence-corrected chi connectivity index (χ4v) is 4.43. The maximum atomic E-state index is 12.1. The van der Waals surface area contributed by atoms with Gasteiger partial charge in [-0.1, -0.05) is 19.1 Å². The Labute approximate surface area is 177 Å². The van der Waals surface area contributed by atoms with Gasteiger partial charge in [0.2, 0.25) is 0 Å². The molecule has 1 aromatic heterocycles. The Morgan fingerprint density at radius 2 is 1.70 bits per heavy atom. The molecule has 0 atom stereocenters. The van der Waals surface area contributed by atoms with Gasteiger partial charge in [0.15, 0.2) is 9.84 Å². The van der Waals surface area contributed by atoms with Crippen LogP contribution in [0.2, 0.25) is 0 Å². The van der Waals surface area contributed by atoms with Crippen molar-refractivity contribution in [2.24, 2.45) is 0 Å². The summed E-state index contributed by atoms with van der Waals surface area (Å²) in [7, 11) is -1.13. The van der Waals surface area contributed by atoms with Crippen molar-refractivity contribution >= 4 is 32.8 Å². The first-order valence-electron chi connectivity index (χ1n) is 9.92. The summed E-state index contributed by atoms with van der Waals surface area (Å²) < 4.78 is 24.2. The van der Waals surface area contributed by atoms with Crippen LogP contribution in [-0.2, 0) is 22.8 Å². The van der Waals surface area contributed by atoms with E-state index in [2.05, 4.69) is 50.7 Å². The lowest BCUT2D eigenvalue weighted by Crippen LogP contribution is -2.26. The summed E-state index contributed by atoms with van der Waals surface area (Å²) in [5, 5.41) is 6.49. The quantitative estimate of drug-likeness (QED) is 0.624. The van der Waals surface area contributed by atoms with Crippen molar-refractivity contribution in [3.05, 3.63) is 66.0 Å². The molecule has 0 amide bonds. The average molecular weight is 424 g/mol. The first-order valence-corrected chi connectivity index (χ1v) is 11.6. The van der Waals surface area contributed by atoms with Crippen molar-refractivity contribution in [2.45, 2.75) is 24.8 Å². The lowest BCUT2D eigenvalue weighted by atomic mass is 9.99. The monoisotopic (exact) mass is 423 g/mol. The van der Waals surface area contributed by atoms with Gasteiger partial charge in [0, 0.05) is 30.5 Å². The Morgan fingerprint density at radius 1 is 0.967 bits per heavy atom. The summed E-state index contributed by atoms with van der Waals surface area (Å²) in [6.45, 7) is 3.66. The van der Waals surface area contributed by atoms with E-state index in [1.807, 2.05) is 6.07 Å². The van der Waals surface area contributed by atoms with Crippen LogP contribution < -0.4 is 10.6 Å². The summed E-state index contributed by atoms with van der Waals surface area (Å²) in [6.07, 6.45) is 2.55. The van der Waals surface area contributed by atoms with E-state index in [0.29, 0.717) is 22.2 Å². The molecular formula is C22H25N5O2S. The van der Waals surface area contributed by atoms with E-state index >= 15 is 0 Å². The molecule has 2 heterocycles. The number of nitrogens with zero attached hydrogens (tertiary/aromatic N) is 3. The molecule has 0 fully saturated rings. The number of hydrogen-bond acceptors (Lipinski definition) is 7. The fourth-order valence-electron chi connectivity index (χ4n) is 3.50. The number of nitrogens with one attached hydrogen (secondary N) is 2. The predicted molar refractivity (Wildman–Crippen MR) is 119 cm³/mol. The molecule has 2 N–H and O–H groups in total. The Morgan fingerprint density at radius 3 is 2.43 bits per heavy atom. The highest BCUT2D eigenvalue weighted by Gasteiger charge is 2.14. The van der Waals surface area contributed by atoms with Gasteiger partial charge < -0.3 is 15.5 Å². The molecule has 8 heteroatoms. The second kappa shape index (κ2) is 8.41. The molecule has 0 saturated heterocycles. The number of sulfone groups is 1. The molecule has 1 aliphatic heterocycles. The molecule has 0 unspecified atom stereocenters. The van der Waals surface area contributed by atoms with E-state index in [1.54, 1.807) is 31.2 Å². The number of hydrogen-bond donors (Lipinski definition) is 2. The SMILES string of the molecule is CCS(=O)(=O)c1cccc(Nc2cc(Nc3ccc4c(c3)CN(C)CC4)ncn2)c1.